The maximum atomic E-state index is 11.7. The molecule has 0 fully saturated rings. The van der Waals surface area contributed by atoms with Crippen LogP contribution in [0.4, 0.5) is 0 Å². The van der Waals surface area contributed by atoms with Crippen molar-refractivity contribution in [3.05, 3.63) is 70.7 Å². The molecule has 0 bridgehead atoms. The molecule has 2 rings (SSSR count). The lowest BCUT2D eigenvalue weighted by molar-refractivity contribution is 0.0637. The monoisotopic (exact) mass is 387 g/mol. The Balaban J connectivity index is 2.19. The molecule has 0 radical (unpaired) electrons. The Bertz CT molecular complexity index is 676. The molecule has 0 amide bonds. The van der Waals surface area contributed by atoms with Crippen LogP contribution < -0.4 is 0 Å². The van der Waals surface area contributed by atoms with E-state index in [2.05, 4.69) is 32.6 Å². The second-order valence-corrected chi connectivity index (χ2v) is 8.76. The van der Waals surface area contributed by atoms with Crippen LogP contribution >= 0.6 is 11.6 Å². The largest absolute Gasteiger partial charge is 0.380 e. The van der Waals surface area contributed by atoms with Crippen LogP contribution in [0.1, 0.15) is 51.7 Å². The molecule has 1 atom stereocenters. The van der Waals surface area contributed by atoms with Gasteiger partial charge in [0.15, 0.2) is 0 Å². The fraction of sp³-hybridized carbons (Fsp3) is 0.500. The fourth-order valence-electron chi connectivity index (χ4n) is 3.79. The van der Waals surface area contributed by atoms with Gasteiger partial charge in [-0.2, -0.15) is 0 Å². The third-order valence-corrected chi connectivity index (χ3v) is 5.16. The summed E-state index contributed by atoms with van der Waals surface area (Å²) < 4.78 is 0. The minimum absolute atomic E-state index is 0.616. The van der Waals surface area contributed by atoms with E-state index in [1.165, 1.54) is 0 Å². The summed E-state index contributed by atoms with van der Waals surface area (Å²) in [6.45, 7) is 12.2. The normalized spacial score (nSPS) is 14.1. The van der Waals surface area contributed by atoms with Crippen molar-refractivity contribution in [1.82, 2.24) is 4.90 Å². The maximum Gasteiger partial charge on any atom is 0.116 e. The average molecular weight is 388 g/mol. The molecule has 2 aromatic carbocycles. The van der Waals surface area contributed by atoms with Gasteiger partial charge in [-0.3, -0.25) is 0 Å². The highest BCUT2D eigenvalue weighted by Gasteiger charge is 2.33. The highest BCUT2D eigenvalue weighted by molar-refractivity contribution is 6.31. The van der Waals surface area contributed by atoms with Crippen molar-refractivity contribution in [3.63, 3.8) is 0 Å². The Morgan fingerprint density at radius 3 is 2.00 bits per heavy atom. The second kappa shape index (κ2) is 10.3. The van der Waals surface area contributed by atoms with E-state index < -0.39 is 5.60 Å². The summed E-state index contributed by atoms with van der Waals surface area (Å²) in [5.74, 6) is 1.28. The summed E-state index contributed by atoms with van der Waals surface area (Å²) in [5, 5.41) is 12.3. The number of nitrogens with zero attached hydrogens (tertiary/aromatic N) is 1. The number of benzene rings is 2. The second-order valence-electron chi connectivity index (χ2n) is 8.36. The Morgan fingerprint density at radius 1 is 0.889 bits per heavy atom. The minimum atomic E-state index is -1.07. The fourth-order valence-corrected chi connectivity index (χ4v) is 4.09. The maximum absolute atomic E-state index is 11.7. The van der Waals surface area contributed by atoms with E-state index in [4.69, 9.17) is 11.6 Å². The van der Waals surface area contributed by atoms with Crippen molar-refractivity contribution in [2.45, 2.75) is 46.1 Å². The Morgan fingerprint density at radius 2 is 1.44 bits per heavy atom. The quantitative estimate of drug-likeness (QED) is 0.542. The molecule has 1 N–H and O–H groups in total. The van der Waals surface area contributed by atoms with Crippen molar-refractivity contribution in [3.8, 4) is 0 Å². The van der Waals surface area contributed by atoms with Gasteiger partial charge in [0.05, 0.1) is 0 Å². The van der Waals surface area contributed by atoms with Gasteiger partial charge in [-0.1, -0.05) is 87.8 Å². The van der Waals surface area contributed by atoms with E-state index in [1.54, 1.807) is 0 Å². The molecule has 0 saturated heterocycles. The molecule has 3 heteroatoms. The van der Waals surface area contributed by atoms with Crippen molar-refractivity contribution in [2.75, 3.05) is 19.6 Å². The highest BCUT2D eigenvalue weighted by Crippen LogP contribution is 2.37. The first-order valence-electron chi connectivity index (χ1n) is 10.1. The molecule has 0 spiro atoms. The minimum Gasteiger partial charge on any atom is -0.380 e. The zero-order chi connectivity index (χ0) is 19.9. The number of aliphatic hydroxyl groups is 1. The van der Waals surface area contributed by atoms with Gasteiger partial charge in [0.2, 0.25) is 0 Å². The Kier molecular flexibility index (Phi) is 8.34. The van der Waals surface area contributed by atoms with Gasteiger partial charge in [0, 0.05) is 23.7 Å². The zero-order valence-corrected chi connectivity index (χ0v) is 17.9. The molecule has 2 nitrogen and oxygen atoms in total. The van der Waals surface area contributed by atoms with E-state index >= 15 is 0 Å². The summed E-state index contributed by atoms with van der Waals surface area (Å²) in [4.78, 5) is 2.52. The lowest BCUT2D eigenvalue weighted by Crippen LogP contribution is -2.34. The van der Waals surface area contributed by atoms with Gasteiger partial charge in [-0.25, -0.2) is 0 Å². The first-order valence-corrected chi connectivity index (χ1v) is 10.5. The summed E-state index contributed by atoms with van der Waals surface area (Å²) in [7, 11) is 0. The topological polar surface area (TPSA) is 23.5 Å². The van der Waals surface area contributed by atoms with Crippen molar-refractivity contribution in [1.29, 1.82) is 0 Å². The van der Waals surface area contributed by atoms with Crippen LogP contribution in [-0.2, 0) is 5.60 Å². The standard InChI is InChI=1S/C24H34ClNO/c1-19(2)17-26(18-20(3)4)16-10-15-24(27,21-11-6-5-7-12-21)22-13-8-9-14-23(22)25/h5-9,11-14,19-20,27H,10,15-18H2,1-4H3. The van der Waals surface area contributed by atoms with Crippen molar-refractivity contribution < 1.29 is 5.11 Å². The Labute approximate surface area is 170 Å². The predicted molar refractivity (Wildman–Crippen MR) is 116 cm³/mol. The van der Waals surface area contributed by atoms with Gasteiger partial charge in [-0.15, -0.1) is 0 Å². The van der Waals surface area contributed by atoms with Gasteiger partial charge in [0.1, 0.15) is 5.60 Å². The van der Waals surface area contributed by atoms with Gasteiger partial charge >= 0.3 is 0 Å². The summed E-state index contributed by atoms with van der Waals surface area (Å²) in [5.41, 5.74) is 0.621. The van der Waals surface area contributed by atoms with Crippen LogP contribution in [-0.4, -0.2) is 29.6 Å². The first-order chi connectivity index (χ1) is 12.8. The molecule has 0 saturated carbocycles. The number of halogens is 1. The molecule has 0 heterocycles. The SMILES string of the molecule is CC(C)CN(CCCC(O)(c1ccccc1)c1ccccc1Cl)CC(C)C. The third kappa shape index (κ3) is 6.34. The van der Waals surface area contributed by atoms with E-state index in [1.807, 2.05) is 54.6 Å². The van der Waals surface area contributed by atoms with Gasteiger partial charge in [-0.05, 0) is 42.9 Å². The average Bonchev–Trinajstić information content (AvgIpc) is 2.61. The summed E-state index contributed by atoms with van der Waals surface area (Å²) in [6, 6.07) is 17.5. The van der Waals surface area contributed by atoms with Crippen molar-refractivity contribution >= 4 is 11.6 Å². The molecule has 0 aliphatic carbocycles. The summed E-state index contributed by atoms with van der Waals surface area (Å²) in [6.07, 6.45) is 1.56. The highest BCUT2D eigenvalue weighted by atomic mass is 35.5. The van der Waals surface area contributed by atoms with Gasteiger partial charge in [0.25, 0.3) is 0 Å². The molecular formula is C24H34ClNO. The lowest BCUT2D eigenvalue weighted by Gasteiger charge is -2.32. The molecule has 0 aliphatic heterocycles. The number of hydrogen-bond acceptors (Lipinski definition) is 2. The van der Waals surface area contributed by atoms with Crippen LogP contribution in [0.15, 0.2) is 54.6 Å². The number of rotatable bonds is 10. The molecular weight excluding hydrogens is 354 g/mol. The van der Waals surface area contributed by atoms with Crippen LogP contribution in [0.2, 0.25) is 5.02 Å². The first kappa shape index (κ1) is 21.9. The van der Waals surface area contributed by atoms with Crippen LogP contribution in [0, 0.1) is 11.8 Å². The Hall–Kier alpha value is -1.35. The molecule has 1 unspecified atom stereocenters. The molecule has 27 heavy (non-hydrogen) atoms. The van der Waals surface area contributed by atoms with Crippen LogP contribution in [0.5, 0.6) is 0 Å². The van der Waals surface area contributed by atoms with E-state index in [0.29, 0.717) is 23.3 Å². The number of hydrogen-bond donors (Lipinski definition) is 1. The molecule has 0 aromatic heterocycles. The van der Waals surface area contributed by atoms with Crippen LogP contribution in [0.3, 0.4) is 0 Å². The van der Waals surface area contributed by atoms with E-state index in [-0.39, 0.29) is 0 Å². The third-order valence-electron chi connectivity index (χ3n) is 4.83. The lowest BCUT2D eigenvalue weighted by atomic mass is 9.82. The molecule has 148 valence electrons. The molecule has 0 aliphatic rings. The van der Waals surface area contributed by atoms with E-state index in [9.17, 15) is 5.11 Å². The molecule has 2 aromatic rings. The van der Waals surface area contributed by atoms with Crippen LogP contribution in [0.25, 0.3) is 0 Å². The summed E-state index contributed by atoms with van der Waals surface area (Å²) >= 11 is 6.47. The predicted octanol–water partition coefficient (Wildman–Crippen LogP) is 5.97. The van der Waals surface area contributed by atoms with Gasteiger partial charge < -0.3 is 10.0 Å². The van der Waals surface area contributed by atoms with E-state index in [0.717, 1.165) is 37.2 Å². The smallest absolute Gasteiger partial charge is 0.116 e. The van der Waals surface area contributed by atoms with Crippen molar-refractivity contribution in [2.24, 2.45) is 11.8 Å². The zero-order valence-electron chi connectivity index (χ0n) is 17.2.